The van der Waals surface area contributed by atoms with E-state index in [4.69, 9.17) is 14.9 Å². The van der Waals surface area contributed by atoms with Crippen LogP contribution in [0.3, 0.4) is 0 Å². The summed E-state index contributed by atoms with van der Waals surface area (Å²) in [5.74, 6) is 0.292. The van der Waals surface area contributed by atoms with Gasteiger partial charge in [-0.1, -0.05) is 77.1 Å². The van der Waals surface area contributed by atoms with Crippen molar-refractivity contribution >= 4 is 17.3 Å². The molecular formula is C34H42N2O4. The molecule has 0 radical (unpaired) electrons. The number of hydrogen-bond acceptors (Lipinski definition) is 5. The quantitative estimate of drug-likeness (QED) is 0.332. The van der Waals surface area contributed by atoms with Crippen LogP contribution < -0.4 is 5.43 Å². The van der Waals surface area contributed by atoms with Crippen molar-refractivity contribution in [2.75, 3.05) is 6.61 Å². The van der Waals surface area contributed by atoms with Gasteiger partial charge >= 0.3 is 5.97 Å². The van der Waals surface area contributed by atoms with Crippen LogP contribution >= 0.6 is 0 Å². The second-order valence-electron chi connectivity index (χ2n) is 11.7. The lowest BCUT2D eigenvalue weighted by Gasteiger charge is -2.36. The van der Waals surface area contributed by atoms with Gasteiger partial charge < -0.3 is 14.0 Å². The van der Waals surface area contributed by atoms with E-state index in [1.54, 1.807) is 19.2 Å². The first-order chi connectivity index (χ1) is 19.1. The first kappa shape index (κ1) is 29.3. The van der Waals surface area contributed by atoms with Gasteiger partial charge in [-0.15, -0.1) is 0 Å². The fourth-order valence-corrected chi connectivity index (χ4v) is 6.16. The van der Waals surface area contributed by atoms with Gasteiger partial charge in [-0.2, -0.15) is 0 Å². The van der Waals surface area contributed by atoms with Crippen molar-refractivity contribution in [2.24, 2.45) is 17.3 Å². The number of nitrogens with one attached hydrogen (secondary N) is 1. The molecule has 2 aliphatic carbocycles. The van der Waals surface area contributed by atoms with Crippen molar-refractivity contribution < 1.29 is 14.3 Å². The van der Waals surface area contributed by atoms with Crippen LogP contribution in [0.4, 0.5) is 0 Å². The van der Waals surface area contributed by atoms with E-state index in [1.165, 1.54) is 0 Å². The fourth-order valence-electron chi connectivity index (χ4n) is 6.16. The second-order valence-corrected chi connectivity index (χ2v) is 11.7. The van der Waals surface area contributed by atoms with Gasteiger partial charge in [0.25, 0.3) is 0 Å². The third-order valence-electron chi connectivity index (χ3n) is 8.39. The number of aromatic nitrogens is 1. The molecule has 1 aromatic heterocycles. The number of ether oxygens (including phenoxy) is 2. The SMILES string of the molecule is CCOC(=O)c1cn(C2C(C)CCC2(C)C)c(/C(=C2\C=CC=C(OCc3ccccc3)C2=N)C(C)CC)cc1=O. The average Bonchev–Trinajstić information content (AvgIpc) is 3.21. The Bertz CT molecular complexity index is 1410. The molecule has 1 N–H and O–H groups in total. The molecule has 1 saturated carbocycles. The van der Waals surface area contributed by atoms with Gasteiger partial charge in [-0.05, 0) is 60.6 Å². The van der Waals surface area contributed by atoms with Gasteiger partial charge in [0.15, 0.2) is 5.43 Å². The predicted molar refractivity (Wildman–Crippen MR) is 160 cm³/mol. The van der Waals surface area contributed by atoms with E-state index in [0.717, 1.165) is 41.7 Å². The molecule has 40 heavy (non-hydrogen) atoms. The summed E-state index contributed by atoms with van der Waals surface area (Å²) in [5, 5.41) is 9.17. The van der Waals surface area contributed by atoms with E-state index in [0.29, 0.717) is 24.0 Å². The highest BCUT2D eigenvalue weighted by atomic mass is 16.5. The first-order valence-electron chi connectivity index (χ1n) is 14.4. The summed E-state index contributed by atoms with van der Waals surface area (Å²) in [5.41, 5.74) is 3.38. The Labute approximate surface area is 237 Å². The number of esters is 1. The Balaban J connectivity index is 1.88. The van der Waals surface area contributed by atoms with E-state index in [-0.39, 0.29) is 35.0 Å². The van der Waals surface area contributed by atoms with E-state index in [1.807, 2.05) is 48.6 Å². The Morgan fingerprint density at radius 2 is 1.93 bits per heavy atom. The molecule has 3 atom stereocenters. The summed E-state index contributed by atoms with van der Waals surface area (Å²) in [7, 11) is 0. The number of nitrogens with zero attached hydrogens (tertiary/aromatic N) is 1. The normalized spacial score (nSPS) is 22.1. The summed E-state index contributed by atoms with van der Waals surface area (Å²) >= 11 is 0. The molecule has 1 heterocycles. The first-order valence-corrected chi connectivity index (χ1v) is 14.4. The molecule has 3 unspecified atom stereocenters. The van der Waals surface area contributed by atoms with Crippen LogP contribution in [0.15, 0.2) is 76.9 Å². The van der Waals surface area contributed by atoms with E-state index >= 15 is 0 Å². The molecule has 0 amide bonds. The molecule has 6 heteroatoms. The molecule has 4 rings (SSSR count). The third kappa shape index (κ3) is 5.91. The molecular weight excluding hydrogens is 500 g/mol. The van der Waals surface area contributed by atoms with Gasteiger partial charge in [-0.25, -0.2) is 4.79 Å². The minimum Gasteiger partial charge on any atom is -0.487 e. The van der Waals surface area contributed by atoms with Crippen LogP contribution in [0.1, 0.15) is 88.5 Å². The van der Waals surface area contributed by atoms with Crippen molar-refractivity contribution in [3.8, 4) is 0 Å². The van der Waals surface area contributed by atoms with Crippen molar-refractivity contribution in [3.05, 3.63) is 99.2 Å². The molecule has 2 aromatic rings. The predicted octanol–water partition coefficient (Wildman–Crippen LogP) is 7.51. The number of hydrogen-bond donors (Lipinski definition) is 1. The summed E-state index contributed by atoms with van der Waals surface area (Å²) in [4.78, 5) is 26.2. The minimum atomic E-state index is -0.598. The average molecular weight is 543 g/mol. The van der Waals surface area contributed by atoms with Gasteiger partial charge in [0, 0.05) is 29.6 Å². The van der Waals surface area contributed by atoms with Crippen LogP contribution in [0, 0.1) is 22.7 Å². The van der Waals surface area contributed by atoms with Crippen LogP contribution in [-0.2, 0) is 16.1 Å². The summed E-state index contributed by atoms with van der Waals surface area (Å²) in [6.07, 6.45) is 10.3. The maximum Gasteiger partial charge on any atom is 0.343 e. The Morgan fingerprint density at radius 1 is 1.20 bits per heavy atom. The van der Waals surface area contributed by atoms with Gasteiger partial charge in [0.05, 0.1) is 6.61 Å². The van der Waals surface area contributed by atoms with Crippen molar-refractivity contribution in [3.63, 3.8) is 0 Å². The van der Waals surface area contributed by atoms with Crippen molar-refractivity contribution in [1.82, 2.24) is 4.57 Å². The maximum absolute atomic E-state index is 13.4. The number of allylic oxidation sites excluding steroid dienone is 5. The summed E-state index contributed by atoms with van der Waals surface area (Å²) in [6, 6.07) is 11.6. The molecule has 212 valence electrons. The van der Waals surface area contributed by atoms with Crippen LogP contribution in [0.2, 0.25) is 0 Å². The summed E-state index contributed by atoms with van der Waals surface area (Å²) in [6.45, 7) is 13.3. The Kier molecular flexibility index (Phi) is 8.97. The zero-order chi connectivity index (χ0) is 29.0. The van der Waals surface area contributed by atoms with E-state index in [9.17, 15) is 9.59 Å². The monoisotopic (exact) mass is 542 g/mol. The molecule has 0 aliphatic heterocycles. The Hall–Kier alpha value is -3.67. The zero-order valence-corrected chi connectivity index (χ0v) is 24.6. The second kappa shape index (κ2) is 12.2. The number of carbonyl (C=O) groups excluding carboxylic acids is 1. The van der Waals surface area contributed by atoms with Crippen molar-refractivity contribution in [2.45, 2.75) is 73.5 Å². The lowest BCUT2D eigenvalue weighted by Crippen LogP contribution is -2.31. The number of rotatable bonds is 9. The lowest BCUT2D eigenvalue weighted by molar-refractivity contribution is 0.0522. The van der Waals surface area contributed by atoms with Crippen LogP contribution in [-0.4, -0.2) is 22.9 Å². The molecule has 1 aromatic carbocycles. The number of carbonyl (C=O) groups is 1. The highest BCUT2D eigenvalue weighted by molar-refractivity contribution is 6.16. The van der Waals surface area contributed by atoms with E-state index in [2.05, 4.69) is 39.2 Å². The highest BCUT2D eigenvalue weighted by Crippen LogP contribution is 2.50. The standard InChI is InChI=1S/C34H42N2O4/c1-7-22(3)30(25-15-12-16-29(31(25)35)40-21-24-13-10-9-11-14-24)27-19-28(37)26(33(38)39-8-2)20-36(27)32-23(4)17-18-34(32,5)6/h9-16,19-20,22-23,32,35H,7-8,17-18,21H2,1-6H3/b30-25+,35-31?. The fraction of sp³-hybridized carbons (Fsp3) is 0.441. The lowest BCUT2D eigenvalue weighted by atomic mass is 9.82. The third-order valence-corrected chi connectivity index (χ3v) is 8.39. The largest absolute Gasteiger partial charge is 0.487 e. The minimum absolute atomic E-state index is 0.0415. The molecule has 1 fully saturated rings. The van der Waals surface area contributed by atoms with E-state index < -0.39 is 5.97 Å². The topological polar surface area (TPSA) is 81.4 Å². The van der Waals surface area contributed by atoms with Crippen LogP contribution in [0.25, 0.3) is 5.57 Å². The molecule has 0 spiro atoms. The molecule has 6 nitrogen and oxygen atoms in total. The summed E-state index contributed by atoms with van der Waals surface area (Å²) < 4.78 is 13.5. The molecule has 2 aliphatic rings. The molecule has 0 bridgehead atoms. The number of pyridine rings is 1. The Morgan fingerprint density at radius 3 is 2.55 bits per heavy atom. The smallest absolute Gasteiger partial charge is 0.343 e. The molecule has 0 saturated heterocycles. The van der Waals surface area contributed by atoms with Crippen molar-refractivity contribution in [1.29, 1.82) is 5.41 Å². The zero-order valence-electron chi connectivity index (χ0n) is 24.6. The van der Waals surface area contributed by atoms with Crippen LogP contribution in [0.5, 0.6) is 0 Å². The van der Waals surface area contributed by atoms with Gasteiger partial charge in [-0.3, -0.25) is 10.2 Å². The maximum atomic E-state index is 13.4. The van der Waals surface area contributed by atoms with Gasteiger partial charge in [0.2, 0.25) is 0 Å². The highest BCUT2D eigenvalue weighted by Gasteiger charge is 2.42. The number of benzene rings is 1. The van der Waals surface area contributed by atoms with Gasteiger partial charge in [0.1, 0.15) is 23.6 Å².